The molecule has 72 valence electrons. The second kappa shape index (κ2) is 3.80. The van der Waals surface area contributed by atoms with Gasteiger partial charge in [0.2, 0.25) is 0 Å². The molecule has 0 saturated heterocycles. The summed E-state index contributed by atoms with van der Waals surface area (Å²) in [7, 11) is 0. The maximum absolute atomic E-state index is 5.98. The quantitative estimate of drug-likeness (QED) is 0.758. The van der Waals surface area contributed by atoms with E-state index in [2.05, 4.69) is 10.1 Å². The van der Waals surface area contributed by atoms with Crippen LogP contribution in [0.2, 0.25) is 5.02 Å². The zero-order valence-corrected chi connectivity index (χ0v) is 8.57. The lowest BCUT2D eigenvalue weighted by Gasteiger charge is -1.97. The van der Waals surface area contributed by atoms with Crippen molar-refractivity contribution < 1.29 is 0 Å². The third-order valence-corrected chi connectivity index (χ3v) is 2.27. The van der Waals surface area contributed by atoms with Crippen LogP contribution in [-0.2, 0) is 6.42 Å². The Bertz CT molecular complexity index is 422. The summed E-state index contributed by atoms with van der Waals surface area (Å²) in [6, 6.07) is 5.68. The van der Waals surface area contributed by atoms with Crippen molar-refractivity contribution in [3.05, 3.63) is 41.3 Å². The lowest BCUT2D eigenvalue weighted by atomic mass is 10.3. The zero-order chi connectivity index (χ0) is 9.97. The minimum absolute atomic E-state index is 0.693. The molecule has 0 spiro atoms. The number of aromatic nitrogens is 3. The van der Waals surface area contributed by atoms with E-state index in [4.69, 9.17) is 11.6 Å². The minimum Gasteiger partial charge on any atom is -0.237 e. The van der Waals surface area contributed by atoms with E-state index in [1.165, 1.54) is 0 Å². The van der Waals surface area contributed by atoms with Crippen LogP contribution in [0.25, 0.3) is 5.82 Å². The topological polar surface area (TPSA) is 30.7 Å². The van der Waals surface area contributed by atoms with Crippen molar-refractivity contribution in [1.29, 1.82) is 0 Å². The van der Waals surface area contributed by atoms with Gasteiger partial charge in [-0.2, -0.15) is 5.10 Å². The smallest absolute Gasteiger partial charge is 0.153 e. The molecule has 0 bridgehead atoms. The van der Waals surface area contributed by atoms with E-state index in [0.717, 1.165) is 17.9 Å². The molecule has 2 aromatic heterocycles. The Balaban J connectivity index is 2.43. The Morgan fingerprint density at radius 1 is 1.43 bits per heavy atom. The molecule has 2 heterocycles. The first-order chi connectivity index (χ1) is 6.81. The molecule has 0 radical (unpaired) electrons. The highest BCUT2D eigenvalue weighted by Gasteiger charge is 2.05. The van der Waals surface area contributed by atoms with Gasteiger partial charge in [0.25, 0.3) is 0 Å². The molecular weight excluding hydrogens is 198 g/mol. The van der Waals surface area contributed by atoms with Gasteiger partial charge in [-0.1, -0.05) is 24.6 Å². The van der Waals surface area contributed by atoms with Gasteiger partial charge in [0, 0.05) is 6.20 Å². The van der Waals surface area contributed by atoms with Gasteiger partial charge in [-0.3, -0.25) is 0 Å². The molecule has 2 rings (SSSR count). The molecule has 0 aliphatic heterocycles. The molecule has 0 unspecified atom stereocenters. The van der Waals surface area contributed by atoms with Crippen molar-refractivity contribution in [1.82, 2.24) is 14.8 Å². The maximum atomic E-state index is 5.98. The first-order valence-electron chi connectivity index (χ1n) is 4.46. The van der Waals surface area contributed by atoms with Crippen LogP contribution in [0.3, 0.4) is 0 Å². The van der Waals surface area contributed by atoms with Crippen molar-refractivity contribution in [3.8, 4) is 5.82 Å². The zero-order valence-electron chi connectivity index (χ0n) is 7.81. The molecule has 0 aliphatic carbocycles. The first-order valence-corrected chi connectivity index (χ1v) is 4.84. The number of hydrogen-bond donors (Lipinski definition) is 0. The highest BCUT2D eigenvalue weighted by Crippen LogP contribution is 2.16. The van der Waals surface area contributed by atoms with Gasteiger partial charge in [0.05, 0.1) is 16.9 Å². The summed E-state index contributed by atoms with van der Waals surface area (Å²) in [5.41, 5.74) is 0.900. The number of rotatable bonds is 2. The van der Waals surface area contributed by atoms with E-state index in [1.54, 1.807) is 17.1 Å². The number of pyridine rings is 1. The third-order valence-electron chi connectivity index (χ3n) is 1.96. The molecule has 0 N–H and O–H groups in total. The molecule has 3 nitrogen and oxygen atoms in total. The number of aryl methyl sites for hydroxylation is 1. The van der Waals surface area contributed by atoms with Gasteiger partial charge in [-0.25, -0.2) is 9.67 Å². The summed E-state index contributed by atoms with van der Waals surface area (Å²) in [5.74, 6) is 0.786. The average Bonchev–Trinajstić information content (AvgIpc) is 2.61. The fourth-order valence-corrected chi connectivity index (χ4v) is 1.50. The number of hydrogen-bond acceptors (Lipinski definition) is 2. The lowest BCUT2D eigenvalue weighted by Crippen LogP contribution is -1.97. The number of halogens is 1. The van der Waals surface area contributed by atoms with Gasteiger partial charge in [0.1, 0.15) is 0 Å². The monoisotopic (exact) mass is 207 g/mol. The maximum Gasteiger partial charge on any atom is 0.153 e. The van der Waals surface area contributed by atoms with Crippen LogP contribution in [0, 0.1) is 0 Å². The van der Waals surface area contributed by atoms with Crippen LogP contribution >= 0.6 is 11.6 Å². The first kappa shape index (κ1) is 9.21. The summed E-state index contributed by atoms with van der Waals surface area (Å²) in [5, 5.41) is 5.01. The summed E-state index contributed by atoms with van der Waals surface area (Å²) in [6.07, 6.45) is 4.35. The predicted molar refractivity (Wildman–Crippen MR) is 55.7 cm³/mol. The van der Waals surface area contributed by atoms with Crippen molar-refractivity contribution >= 4 is 11.6 Å². The van der Waals surface area contributed by atoms with E-state index >= 15 is 0 Å². The van der Waals surface area contributed by atoms with E-state index in [1.807, 2.05) is 25.1 Å². The molecule has 0 atom stereocenters. The summed E-state index contributed by atoms with van der Waals surface area (Å²) in [4.78, 5) is 4.18. The van der Waals surface area contributed by atoms with E-state index in [0.29, 0.717) is 5.02 Å². The van der Waals surface area contributed by atoms with Crippen LogP contribution < -0.4 is 0 Å². The third kappa shape index (κ3) is 1.63. The predicted octanol–water partition coefficient (Wildman–Crippen LogP) is 2.48. The van der Waals surface area contributed by atoms with Gasteiger partial charge in [-0.05, 0) is 18.6 Å². The van der Waals surface area contributed by atoms with Crippen molar-refractivity contribution in [2.24, 2.45) is 0 Å². The molecule has 14 heavy (non-hydrogen) atoms. The molecule has 0 aromatic carbocycles. The molecular formula is C10H10ClN3. The van der Waals surface area contributed by atoms with E-state index in [9.17, 15) is 0 Å². The lowest BCUT2D eigenvalue weighted by molar-refractivity contribution is 0.816. The van der Waals surface area contributed by atoms with Gasteiger partial charge in [0.15, 0.2) is 5.82 Å². The van der Waals surface area contributed by atoms with Gasteiger partial charge in [-0.15, -0.1) is 0 Å². The summed E-state index contributed by atoms with van der Waals surface area (Å²) in [6.45, 7) is 2.02. The molecule has 0 amide bonds. The van der Waals surface area contributed by atoms with Gasteiger partial charge >= 0.3 is 0 Å². The highest BCUT2D eigenvalue weighted by atomic mass is 35.5. The molecule has 0 aliphatic rings. The van der Waals surface area contributed by atoms with Gasteiger partial charge < -0.3 is 0 Å². The Morgan fingerprint density at radius 2 is 2.29 bits per heavy atom. The van der Waals surface area contributed by atoms with Crippen LogP contribution in [0.5, 0.6) is 0 Å². The Morgan fingerprint density at radius 3 is 2.86 bits per heavy atom. The largest absolute Gasteiger partial charge is 0.237 e. The van der Waals surface area contributed by atoms with Crippen LogP contribution in [0.1, 0.15) is 12.6 Å². The highest BCUT2D eigenvalue weighted by molar-refractivity contribution is 6.31. The molecule has 0 fully saturated rings. The molecule has 2 aromatic rings. The average molecular weight is 208 g/mol. The Hall–Kier alpha value is -1.35. The molecule has 0 saturated carbocycles. The number of nitrogens with zero attached hydrogens (tertiary/aromatic N) is 3. The van der Waals surface area contributed by atoms with Crippen LogP contribution in [-0.4, -0.2) is 14.8 Å². The minimum atomic E-state index is 0.693. The molecule has 4 heteroatoms. The summed E-state index contributed by atoms with van der Waals surface area (Å²) >= 11 is 5.98. The SMILES string of the molecule is CCc1nn(-c2ccccn2)cc1Cl. The standard InChI is InChI=1S/C10H10ClN3/c1-2-9-8(11)7-14(13-9)10-5-3-4-6-12-10/h3-7H,2H2,1H3. The normalized spacial score (nSPS) is 10.4. The fraction of sp³-hybridized carbons (Fsp3) is 0.200. The van der Waals surface area contributed by atoms with Crippen LogP contribution in [0.15, 0.2) is 30.6 Å². The Labute approximate surface area is 87.3 Å². The second-order valence-corrected chi connectivity index (χ2v) is 3.32. The Kier molecular flexibility index (Phi) is 2.50. The van der Waals surface area contributed by atoms with Crippen LogP contribution in [0.4, 0.5) is 0 Å². The fourth-order valence-electron chi connectivity index (χ4n) is 1.23. The second-order valence-electron chi connectivity index (χ2n) is 2.91. The van der Waals surface area contributed by atoms with E-state index < -0.39 is 0 Å². The summed E-state index contributed by atoms with van der Waals surface area (Å²) < 4.78 is 1.70. The van der Waals surface area contributed by atoms with Crippen molar-refractivity contribution in [2.75, 3.05) is 0 Å². The van der Waals surface area contributed by atoms with Crippen molar-refractivity contribution in [3.63, 3.8) is 0 Å². The van der Waals surface area contributed by atoms with Crippen molar-refractivity contribution in [2.45, 2.75) is 13.3 Å². The van der Waals surface area contributed by atoms with E-state index in [-0.39, 0.29) is 0 Å².